The van der Waals surface area contributed by atoms with Crippen LogP contribution in [0.1, 0.15) is 29.4 Å². The smallest absolute Gasteiger partial charge is 0.238 e. The van der Waals surface area contributed by atoms with E-state index in [1.165, 1.54) is 12.1 Å². The third-order valence-electron chi connectivity index (χ3n) is 6.20. The lowest BCUT2D eigenvalue weighted by molar-refractivity contribution is -0.134. The predicted molar refractivity (Wildman–Crippen MR) is 88.9 cm³/mol. The van der Waals surface area contributed by atoms with E-state index in [9.17, 15) is 41.4 Å². The second kappa shape index (κ2) is 5.87. The Morgan fingerprint density at radius 2 is 1.40 bits per heavy atom. The Balaban J connectivity index is 1.72. The molecule has 2 fully saturated rings. The standard InChI is InChI=1S/C20H10F5NO4/c21-13-14(22)16(24)18(17(25)15(13)23)26-19(29)10-6-4-8(28)11(12(10)20(26)30)9-5(6)2-1-3-7(9)27/h1-3,6,10-12,27H,4H2/t6-,10-,11+,12-/m0/s1. The zero-order valence-corrected chi connectivity index (χ0v) is 14.8. The summed E-state index contributed by atoms with van der Waals surface area (Å²) >= 11 is 0. The van der Waals surface area contributed by atoms with Crippen molar-refractivity contribution in [3.05, 3.63) is 58.4 Å². The van der Waals surface area contributed by atoms with Crippen LogP contribution in [-0.4, -0.2) is 22.7 Å². The number of aromatic hydroxyl groups is 1. The van der Waals surface area contributed by atoms with E-state index in [-0.39, 0.29) is 22.6 Å². The molecule has 1 aliphatic heterocycles. The van der Waals surface area contributed by atoms with Gasteiger partial charge in [-0.2, -0.15) is 0 Å². The molecule has 5 nitrogen and oxygen atoms in total. The fraction of sp³-hybridized carbons (Fsp3) is 0.250. The van der Waals surface area contributed by atoms with Gasteiger partial charge >= 0.3 is 0 Å². The first-order chi connectivity index (χ1) is 14.2. The first-order valence-electron chi connectivity index (χ1n) is 8.90. The molecule has 1 heterocycles. The fourth-order valence-electron chi connectivity index (χ4n) is 5.04. The van der Waals surface area contributed by atoms with Crippen molar-refractivity contribution in [3.63, 3.8) is 0 Å². The third-order valence-corrected chi connectivity index (χ3v) is 6.20. The minimum atomic E-state index is -2.42. The van der Waals surface area contributed by atoms with Gasteiger partial charge < -0.3 is 5.11 Å². The van der Waals surface area contributed by atoms with E-state index >= 15 is 0 Å². The van der Waals surface area contributed by atoms with Crippen molar-refractivity contribution in [2.75, 3.05) is 4.90 Å². The summed E-state index contributed by atoms with van der Waals surface area (Å²) in [5.41, 5.74) is -1.06. The van der Waals surface area contributed by atoms with Crippen LogP contribution in [0.5, 0.6) is 5.75 Å². The maximum atomic E-state index is 14.3. The molecule has 0 spiro atoms. The van der Waals surface area contributed by atoms with Gasteiger partial charge in [-0.3, -0.25) is 14.4 Å². The molecule has 0 radical (unpaired) electrons. The van der Waals surface area contributed by atoms with Crippen molar-refractivity contribution in [1.82, 2.24) is 0 Å². The van der Waals surface area contributed by atoms with Crippen LogP contribution in [0.4, 0.5) is 27.6 Å². The van der Waals surface area contributed by atoms with Gasteiger partial charge in [0.15, 0.2) is 23.3 Å². The topological polar surface area (TPSA) is 74.7 Å². The van der Waals surface area contributed by atoms with Crippen LogP contribution in [0.2, 0.25) is 0 Å². The Hall–Kier alpha value is -3.30. The maximum absolute atomic E-state index is 14.3. The number of benzene rings is 2. The average molecular weight is 423 g/mol. The van der Waals surface area contributed by atoms with Crippen LogP contribution in [0.3, 0.4) is 0 Å². The second-order valence-electron chi connectivity index (χ2n) is 7.52. The van der Waals surface area contributed by atoms with Gasteiger partial charge in [0.25, 0.3) is 0 Å². The molecule has 30 heavy (non-hydrogen) atoms. The van der Waals surface area contributed by atoms with Crippen molar-refractivity contribution in [1.29, 1.82) is 0 Å². The van der Waals surface area contributed by atoms with E-state index < -0.39 is 76.0 Å². The molecule has 1 saturated heterocycles. The quantitative estimate of drug-likeness (QED) is 0.331. The molecule has 1 N–H and O–H groups in total. The molecule has 154 valence electrons. The molecule has 2 aromatic carbocycles. The first-order valence-corrected chi connectivity index (χ1v) is 8.90. The fourth-order valence-corrected chi connectivity index (χ4v) is 5.04. The van der Waals surface area contributed by atoms with Crippen molar-refractivity contribution in [2.45, 2.75) is 18.3 Å². The molecule has 10 heteroatoms. The summed E-state index contributed by atoms with van der Waals surface area (Å²) in [4.78, 5) is 38.6. The summed E-state index contributed by atoms with van der Waals surface area (Å²) in [6.45, 7) is 0. The molecule has 2 aromatic rings. The van der Waals surface area contributed by atoms with Gasteiger partial charge in [-0.05, 0) is 11.6 Å². The molecule has 0 unspecified atom stereocenters. The van der Waals surface area contributed by atoms with Gasteiger partial charge in [0.05, 0.1) is 17.8 Å². The zero-order valence-electron chi connectivity index (χ0n) is 14.8. The molecule has 4 atom stereocenters. The van der Waals surface area contributed by atoms with E-state index in [0.29, 0.717) is 5.56 Å². The van der Waals surface area contributed by atoms with E-state index in [0.717, 1.165) is 0 Å². The summed E-state index contributed by atoms with van der Waals surface area (Å²) in [5.74, 6) is -19.5. The van der Waals surface area contributed by atoms with Crippen molar-refractivity contribution < 1.29 is 41.4 Å². The summed E-state index contributed by atoms with van der Waals surface area (Å²) in [5, 5.41) is 10.2. The van der Waals surface area contributed by atoms with Crippen LogP contribution in [0.15, 0.2) is 18.2 Å². The van der Waals surface area contributed by atoms with Crippen LogP contribution >= 0.6 is 0 Å². The highest BCUT2D eigenvalue weighted by molar-refractivity contribution is 6.25. The van der Waals surface area contributed by atoms with E-state index in [1.54, 1.807) is 6.07 Å². The summed E-state index contributed by atoms with van der Waals surface area (Å²) < 4.78 is 69.4. The number of carbonyl (C=O) groups is 3. The van der Waals surface area contributed by atoms with Crippen LogP contribution in [-0.2, 0) is 14.4 Å². The zero-order chi connectivity index (χ0) is 21.6. The van der Waals surface area contributed by atoms with Crippen molar-refractivity contribution in [3.8, 4) is 5.75 Å². The van der Waals surface area contributed by atoms with E-state index in [4.69, 9.17) is 0 Å². The number of phenols is 1. The number of nitrogens with zero attached hydrogens (tertiary/aromatic N) is 1. The number of halogens is 5. The lowest BCUT2D eigenvalue weighted by Gasteiger charge is -2.43. The minimum absolute atomic E-state index is 0.0485. The number of hydrogen-bond donors (Lipinski definition) is 1. The SMILES string of the molecule is O=C1C[C@H]2c3cccc(O)c3[C@@H]1[C@H]1C(=O)N(c3c(F)c(F)c(F)c(F)c3F)C(=O)[C@H]12. The first kappa shape index (κ1) is 18.7. The molecule has 4 aliphatic rings. The normalized spacial score (nSPS) is 27.0. The van der Waals surface area contributed by atoms with Gasteiger partial charge in [-0.25, -0.2) is 26.9 Å². The Morgan fingerprint density at radius 1 is 0.833 bits per heavy atom. The van der Waals surface area contributed by atoms with Gasteiger partial charge in [0, 0.05) is 17.9 Å². The Labute approximate surface area is 164 Å². The molecule has 2 amide bonds. The number of imide groups is 1. The van der Waals surface area contributed by atoms with Crippen molar-refractivity contribution >= 4 is 23.3 Å². The molecule has 3 aliphatic carbocycles. The number of hydrogen-bond acceptors (Lipinski definition) is 4. The van der Waals surface area contributed by atoms with Crippen LogP contribution in [0.25, 0.3) is 0 Å². The number of phenolic OH excluding ortho intramolecular Hbond substituents is 1. The number of ketones is 1. The molecule has 0 aromatic heterocycles. The largest absolute Gasteiger partial charge is 0.508 e. The highest BCUT2D eigenvalue weighted by Crippen LogP contribution is 2.59. The second-order valence-corrected chi connectivity index (χ2v) is 7.52. The van der Waals surface area contributed by atoms with Gasteiger partial charge in [0.1, 0.15) is 17.2 Å². The van der Waals surface area contributed by atoms with Gasteiger partial charge in [-0.15, -0.1) is 0 Å². The number of rotatable bonds is 1. The number of Topliss-reactive ketones (excluding diaryl/α,β-unsaturated/α-hetero) is 1. The molecule has 2 bridgehead atoms. The van der Waals surface area contributed by atoms with Crippen molar-refractivity contribution in [2.24, 2.45) is 11.8 Å². The van der Waals surface area contributed by atoms with Gasteiger partial charge in [0.2, 0.25) is 17.6 Å². The van der Waals surface area contributed by atoms with Crippen LogP contribution < -0.4 is 4.90 Å². The highest BCUT2D eigenvalue weighted by atomic mass is 19.2. The predicted octanol–water partition coefficient (Wildman–Crippen LogP) is 3.05. The molecular formula is C20H10F5NO4. The monoisotopic (exact) mass is 423 g/mol. The highest BCUT2D eigenvalue weighted by Gasteiger charge is 2.64. The summed E-state index contributed by atoms with van der Waals surface area (Å²) in [6.07, 6.45) is -0.147. The number of anilines is 1. The Bertz CT molecular complexity index is 1170. The molecule has 6 rings (SSSR count). The van der Waals surface area contributed by atoms with E-state index in [1.807, 2.05) is 0 Å². The Kier molecular flexibility index (Phi) is 3.66. The molecule has 1 saturated carbocycles. The Morgan fingerprint density at radius 3 is 2.03 bits per heavy atom. The number of carbonyl (C=O) groups excluding carboxylic acids is 3. The lowest BCUT2D eigenvalue weighted by atomic mass is 9.56. The number of amides is 2. The average Bonchev–Trinajstić information content (AvgIpc) is 2.98. The summed E-state index contributed by atoms with van der Waals surface area (Å²) in [6, 6.07) is 4.34. The third kappa shape index (κ3) is 2.03. The lowest BCUT2D eigenvalue weighted by Crippen LogP contribution is -2.45. The van der Waals surface area contributed by atoms with E-state index in [2.05, 4.69) is 0 Å². The number of fused-ring (bicyclic) bond motifs is 1. The van der Waals surface area contributed by atoms with Gasteiger partial charge in [-0.1, -0.05) is 12.1 Å². The maximum Gasteiger partial charge on any atom is 0.238 e. The minimum Gasteiger partial charge on any atom is -0.508 e. The van der Waals surface area contributed by atoms with Crippen LogP contribution in [0, 0.1) is 40.9 Å². The summed E-state index contributed by atoms with van der Waals surface area (Å²) in [7, 11) is 0. The molecular weight excluding hydrogens is 413 g/mol.